The molecule has 0 amide bonds. The van der Waals surface area contributed by atoms with Gasteiger partial charge < -0.3 is 15.4 Å². The average Bonchev–Trinajstić information content (AvgIpc) is 2.74. The molecule has 1 aromatic heterocycles. The van der Waals surface area contributed by atoms with Crippen molar-refractivity contribution in [3.63, 3.8) is 0 Å². The Balaban J connectivity index is 1.69. The van der Waals surface area contributed by atoms with E-state index in [2.05, 4.69) is 34.6 Å². The summed E-state index contributed by atoms with van der Waals surface area (Å²) in [4.78, 5) is 3.18. The first-order valence-electron chi connectivity index (χ1n) is 5.80. The minimum atomic E-state index is -0.143. The van der Waals surface area contributed by atoms with Gasteiger partial charge in [-0.15, -0.1) is 0 Å². The number of aromatic amines is 1. The molecule has 3 heteroatoms. The topological polar surface area (TPSA) is 48.0 Å². The second kappa shape index (κ2) is 3.92. The zero-order valence-electron chi connectivity index (χ0n) is 9.11. The highest BCUT2D eigenvalue weighted by molar-refractivity contribution is 5.79. The van der Waals surface area contributed by atoms with Crippen molar-refractivity contribution in [2.45, 2.75) is 31.5 Å². The van der Waals surface area contributed by atoms with Gasteiger partial charge in [-0.3, -0.25) is 0 Å². The van der Waals surface area contributed by atoms with Crippen LogP contribution in [0.3, 0.4) is 0 Å². The number of aliphatic hydroxyl groups excluding tert-OH is 1. The molecule has 0 radical (unpaired) electrons. The van der Waals surface area contributed by atoms with Crippen molar-refractivity contribution in [2.24, 2.45) is 0 Å². The van der Waals surface area contributed by atoms with Crippen LogP contribution >= 0.6 is 0 Å². The van der Waals surface area contributed by atoms with Crippen molar-refractivity contribution < 1.29 is 5.11 Å². The highest BCUT2D eigenvalue weighted by atomic mass is 16.3. The van der Waals surface area contributed by atoms with Gasteiger partial charge in [-0.25, -0.2) is 0 Å². The highest BCUT2D eigenvalue weighted by Crippen LogP contribution is 2.20. The number of aromatic nitrogens is 1. The molecule has 0 aliphatic heterocycles. The normalized spacial score (nSPS) is 24.6. The van der Waals surface area contributed by atoms with E-state index in [0.717, 1.165) is 19.4 Å². The first-order chi connectivity index (χ1) is 7.83. The number of rotatable bonds is 3. The fourth-order valence-electron chi connectivity index (χ4n) is 2.18. The first-order valence-corrected chi connectivity index (χ1v) is 5.80. The third-order valence-corrected chi connectivity index (χ3v) is 3.42. The lowest BCUT2D eigenvalue weighted by Gasteiger charge is -2.33. The van der Waals surface area contributed by atoms with Gasteiger partial charge >= 0.3 is 0 Å². The molecule has 1 fully saturated rings. The second-order valence-corrected chi connectivity index (χ2v) is 4.53. The number of hydrogen-bond acceptors (Lipinski definition) is 2. The van der Waals surface area contributed by atoms with E-state index < -0.39 is 0 Å². The Morgan fingerprint density at radius 3 is 3.00 bits per heavy atom. The third kappa shape index (κ3) is 1.72. The summed E-state index contributed by atoms with van der Waals surface area (Å²) in [5.74, 6) is 0. The molecule has 2 atom stereocenters. The van der Waals surface area contributed by atoms with Crippen molar-refractivity contribution in [2.75, 3.05) is 0 Å². The fraction of sp³-hybridized carbons (Fsp3) is 0.385. The van der Waals surface area contributed by atoms with Crippen LogP contribution in [0.25, 0.3) is 10.9 Å². The van der Waals surface area contributed by atoms with Crippen LogP contribution in [0.15, 0.2) is 30.5 Å². The van der Waals surface area contributed by atoms with Gasteiger partial charge in [-0.2, -0.15) is 0 Å². The standard InChI is InChI=1S/C13H16N2O/c16-13-4-3-12(13)15-8-9-1-2-11-10(7-9)5-6-14-11/h1-2,5-7,12-16H,3-4,8H2. The zero-order chi connectivity index (χ0) is 11.0. The molecule has 1 heterocycles. The first kappa shape index (κ1) is 9.87. The van der Waals surface area contributed by atoms with E-state index in [9.17, 15) is 5.11 Å². The van der Waals surface area contributed by atoms with Gasteiger partial charge in [-0.1, -0.05) is 6.07 Å². The number of hydrogen-bond donors (Lipinski definition) is 3. The molecule has 0 bridgehead atoms. The van der Waals surface area contributed by atoms with Crippen LogP contribution in [-0.4, -0.2) is 22.2 Å². The Hall–Kier alpha value is -1.32. The van der Waals surface area contributed by atoms with Crippen molar-refractivity contribution >= 4 is 10.9 Å². The van der Waals surface area contributed by atoms with E-state index >= 15 is 0 Å². The zero-order valence-corrected chi connectivity index (χ0v) is 9.11. The van der Waals surface area contributed by atoms with Crippen LogP contribution in [0.1, 0.15) is 18.4 Å². The molecule has 0 saturated heterocycles. The van der Waals surface area contributed by atoms with Crippen LogP contribution < -0.4 is 5.32 Å². The summed E-state index contributed by atoms with van der Waals surface area (Å²) in [6.45, 7) is 0.836. The van der Waals surface area contributed by atoms with Crippen LogP contribution in [0.5, 0.6) is 0 Å². The average molecular weight is 216 g/mol. The molecule has 3 rings (SSSR count). The van der Waals surface area contributed by atoms with Gasteiger partial charge in [0.15, 0.2) is 0 Å². The summed E-state index contributed by atoms with van der Waals surface area (Å²) >= 11 is 0. The van der Waals surface area contributed by atoms with E-state index in [4.69, 9.17) is 0 Å². The predicted molar refractivity (Wildman–Crippen MR) is 64.2 cm³/mol. The Morgan fingerprint density at radius 2 is 2.25 bits per heavy atom. The molecule has 1 saturated carbocycles. The summed E-state index contributed by atoms with van der Waals surface area (Å²) in [5, 5.41) is 14.1. The maximum absolute atomic E-state index is 9.46. The quantitative estimate of drug-likeness (QED) is 0.732. The predicted octanol–water partition coefficient (Wildman–Crippen LogP) is 1.78. The largest absolute Gasteiger partial charge is 0.392 e. The Labute approximate surface area is 94.5 Å². The number of aliphatic hydroxyl groups is 1. The molecule has 3 nitrogen and oxygen atoms in total. The number of nitrogens with one attached hydrogen (secondary N) is 2. The number of fused-ring (bicyclic) bond motifs is 1. The van der Waals surface area contributed by atoms with Gasteiger partial charge in [0.25, 0.3) is 0 Å². The molecule has 1 aliphatic rings. The summed E-state index contributed by atoms with van der Waals surface area (Å²) in [6.07, 6.45) is 3.84. The SMILES string of the molecule is OC1CCC1NCc1ccc2[nH]ccc2c1. The van der Waals surface area contributed by atoms with E-state index in [1.165, 1.54) is 16.5 Å². The molecule has 3 N–H and O–H groups in total. The smallest absolute Gasteiger partial charge is 0.0693 e. The molecule has 84 valence electrons. The lowest BCUT2D eigenvalue weighted by Crippen LogP contribution is -2.47. The van der Waals surface area contributed by atoms with Crippen molar-refractivity contribution in [3.8, 4) is 0 Å². The highest BCUT2D eigenvalue weighted by Gasteiger charge is 2.27. The molecule has 1 aromatic carbocycles. The monoisotopic (exact) mass is 216 g/mol. The Morgan fingerprint density at radius 1 is 1.31 bits per heavy atom. The van der Waals surface area contributed by atoms with Gasteiger partial charge in [0, 0.05) is 24.3 Å². The molecular formula is C13H16N2O. The van der Waals surface area contributed by atoms with Gasteiger partial charge in [-0.05, 0) is 42.0 Å². The minimum Gasteiger partial charge on any atom is -0.392 e. The third-order valence-electron chi connectivity index (χ3n) is 3.42. The van der Waals surface area contributed by atoms with Gasteiger partial charge in [0.05, 0.1) is 6.10 Å². The van der Waals surface area contributed by atoms with Crippen molar-refractivity contribution in [1.82, 2.24) is 10.3 Å². The number of H-pyrrole nitrogens is 1. The maximum Gasteiger partial charge on any atom is 0.0693 e. The summed E-state index contributed by atoms with van der Waals surface area (Å²) in [7, 11) is 0. The summed E-state index contributed by atoms with van der Waals surface area (Å²) in [6, 6.07) is 8.78. The molecule has 2 unspecified atom stereocenters. The molecule has 0 spiro atoms. The molecule has 1 aliphatic carbocycles. The summed E-state index contributed by atoms with van der Waals surface area (Å²) < 4.78 is 0. The minimum absolute atomic E-state index is 0.143. The maximum atomic E-state index is 9.46. The van der Waals surface area contributed by atoms with Crippen LogP contribution in [0.2, 0.25) is 0 Å². The van der Waals surface area contributed by atoms with E-state index in [0.29, 0.717) is 6.04 Å². The van der Waals surface area contributed by atoms with Gasteiger partial charge in [0.1, 0.15) is 0 Å². The lowest BCUT2D eigenvalue weighted by atomic mass is 9.89. The Bertz CT molecular complexity index is 491. The number of benzene rings is 1. The van der Waals surface area contributed by atoms with Crippen molar-refractivity contribution in [1.29, 1.82) is 0 Å². The molecule has 2 aromatic rings. The van der Waals surface area contributed by atoms with Crippen LogP contribution in [0, 0.1) is 0 Å². The molecular weight excluding hydrogens is 200 g/mol. The van der Waals surface area contributed by atoms with Gasteiger partial charge in [0.2, 0.25) is 0 Å². The van der Waals surface area contributed by atoms with Crippen LogP contribution in [-0.2, 0) is 6.54 Å². The van der Waals surface area contributed by atoms with E-state index in [1.54, 1.807) is 0 Å². The van der Waals surface area contributed by atoms with Crippen LogP contribution in [0.4, 0.5) is 0 Å². The molecule has 16 heavy (non-hydrogen) atoms. The lowest BCUT2D eigenvalue weighted by molar-refractivity contribution is 0.0493. The second-order valence-electron chi connectivity index (χ2n) is 4.53. The van der Waals surface area contributed by atoms with E-state index in [1.807, 2.05) is 6.20 Å². The van der Waals surface area contributed by atoms with Crippen molar-refractivity contribution in [3.05, 3.63) is 36.0 Å². The Kier molecular flexibility index (Phi) is 2.42. The fourth-order valence-corrected chi connectivity index (χ4v) is 2.18. The van der Waals surface area contributed by atoms with E-state index in [-0.39, 0.29) is 6.10 Å². The summed E-state index contributed by atoms with van der Waals surface area (Å²) in [5.41, 5.74) is 2.44.